The number of ether oxygens (including phenoxy) is 1. The number of anilines is 1. The van der Waals surface area contributed by atoms with Gasteiger partial charge in [-0.15, -0.1) is 11.3 Å². The second-order valence-corrected chi connectivity index (χ2v) is 7.55. The van der Waals surface area contributed by atoms with Crippen LogP contribution in [0.4, 0.5) is 5.82 Å². The molecule has 27 heavy (non-hydrogen) atoms. The summed E-state index contributed by atoms with van der Waals surface area (Å²) in [5.74, 6) is 0.895. The molecule has 3 heterocycles. The molecule has 0 aliphatic carbocycles. The van der Waals surface area contributed by atoms with Crippen molar-refractivity contribution in [2.75, 3.05) is 38.3 Å². The van der Waals surface area contributed by atoms with E-state index >= 15 is 0 Å². The second kappa shape index (κ2) is 8.56. The maximum atomic E-state index is 5.41. The minimum Gasteiger partial charge on any atom is -0.379 e. The van der Waals surface area contributed by atoms with Crippen molar-refractivity contribution in [1.29, 1.82) is 0 Å². The van der Waals surface area contributed by atoms with Gasteiger partial charge in [-0.25, -0.2) is 15.0 Å². The van der Waals surface area contributed by atoms with E-state index in [0.29, 0.717) is 0 Å². The average Bonchev–Trinajstić information content (AvgIpc) is 3.16. The molecule has 0 amide bonds. The van der Waals surface area contributed by atoms with Crippen molar-refractivity contribution in [2.45, 2.75) is 13.1 Å². The average molecular weight is 382 g/mol. The quantitative estimate of drug-likeness (QED) is 0.654. The van der Waals surface area contributed by atoms with E-state index in [0.717, 1.165) is 67.2 Å². The van der Waals surface area contributed by atoms with Gasteiger partial charge in [0.2, 0.25) is 0 Å². The number of benzene rings is 1. The standard InChI is InChI=1S/C20H23N5OS/c1-24(19-11-18(21-15-22-19)16-5-3-2-4-6-16)12-17-14-27-20(23-17)13-25-7-9-26-10-8-25/h2-6,11,14-15H,7-10,12-13H2,1H3. The van der Waals surface area contributed by atoms with Crippen LogP contribution in [0.15, 0.2) is 48.1 Å². The number of nitrogens with zero attached hydrogens (tertiary/aromatic N) is 5. The first-order valence-electron chi connectivity index (χ1n) is 9.10. The molecule has 140 valence electrons. The van der Waals surface area contributed by atoms with Crippen molar-refractivity contribution >= 4 is 17.2 Å². The van der Waals surface area contributed by atoms with Gasteiger partial charge in [-0.05, 0) is 0 Å². The Hall–Kier alpha value is -2.35. The molecule has 0 N–H and O–H groups in total. The second-order valence-electron chi connectivity index (χ2n) is 6.60. The number of hydrogen-bond acceptors (Lipinski definition) is 7. The van der Waals surface area contributed by atoms with E-state index in [1.807, 2.05) is 31.3 Å². The molecule has 1 aliphatic heterocycles. The number of aromatic nitrogens is 3. The molecule has 0 radical (unpaired) electrons. The van der Waals surface area contributed by atoms with Crippen LogP contribution in [-0.2, 0) is 17.8 Å². The van der Waals surface area contributed by atoms with E-state index in [1.54, 1.807) is 17.7 Å². The summed E-state index contributed by atoms with van der Waals surface area (Å²) >= 11 is 1.73. The van der Waals surface area contributed by atoms with Crippen molar-refractivity contribution in [3.8, 4) is 11.3 Å². The van der Waals surface area contributed by atoms with Crippen LogP contribution in [0.25, 0.3) is 11.3 Å². The molecule has 0 bridgehead atoms. The number of rotatable bonds is 6. The Kier molecular flexibility index (Phi) is 5.72. The van der Waals surface area contributed by atoms with Gasteiger partial charge in [0, 0.05) is 37.1 Å². The highest BCUT2D eigenvalue weighted by Gasteiger charge is 2.14. The summed E-state index contributed by atoms with van der Waals surface area (Å²) in [5, 5.41) is 3.30. The first-order chi connectivity index (χ1) is 13.3. The molecule has 4 rings (SSSR count). The molecule has 0 spiro atoms. The Morgan fingerprint density at radius 3 is 2.78 bits per heavy atom. The zero-order valence-corrected chi connectivity index (χ0v) is 16.2. The molecule has 1 aromatic carbocycles. The van der Waals surface area contributed by atoms with Gasteiger partial charge in [0.15, 0.2) is 0 Å². The van der Waals surface area contributed by atoms with Gasteiger partial charge in [0.25, 0.3) is 0 Å². The van der Waals surface area contributed by atoms with E-state index in [4.69, 9.17) is 9.72 Å². The Balaban J connectivity index is 1.41. The van der Waals surface area contributed by atoms with Crippen LogP contribution >= 0.6 is 11.3 Å². The Labute approximate surface area is 163 Å². The van der Waals surface area contributed by atoms with Crippen molar-refractivity contribution in [3.63, 3.8) is 0 Å². The molecule has 1 fully saturated rings. The van der Waals surface area contributed by atoms with E-state index in [1.165, 1.54) is 0 Å². The van der Waals surface area contributed by atoms with Crippen molar-refractivity contribution in [3.05, 3.63) is 58.8 Å². The molecular formula is C20H23N5OS. The molecule has 3 aromatic rings. The number of thiazole rings is 1. The van der Waals surface area contributed by atoms with Crippen molar-refractivity contribution in [2.24, 2.45) is 0 Å². The zero-order chi connectivity index (χ0) is 18.5. The van der Waals surface area contributed by atoms with Crippen molar-refractivity contribution < 1.29 is 4.74 Å². The first-order valence-corrected chi connectivity index (χ1v) is 9.98. The molecule has 2 aromatic heterocycles. The van der Waals surface area contributed by atoms with Crippen LogP contribution in [0, 0.1) is 0 Å². The highest BCUT2D eigenvalue weighted by molar-refractivity contribution is 7.09. The lowest BCUT2D eigenvalue weighted by atomic mass is 10.1. The topological polar surface area (TPSA) is 54.4 Å². The SMILES string of the molecule is CN(Cc1csc(CN2CCOCC2)n1)c1cc(-c2ccccc2)ncn1. The van der Waals surface area contributed by atoms with Gasteiger partial charge in [0.05, 0.1) is 37.7 Å². The van der Waals surface area contributed by atoms with E-state index in [-0.39, 0.29) is 0 Å². The van der Waals surface area contributed by atoms with Crippen molar-refractivity contribution in [1.82, 2.24) is 19.9 Å². The third kappa shape index (κ3) is 4.68. The van der Waals surface area contributed by atoms with Gasteiger partial charge in [-0.1, -0.05) is 30.3 Å². The van der Waals surface area contributed by atoms with Crippen LogP contribution in [0.5, 0.6) is 0 Å². The molecule has 0 atom stereocenters. The van der Waals surface area contributed by atoms with Gasteiger partial charge in [0.1, 0.15) is 17.2 Å². The number of hydrogen-bond donors (Lipinski definition) is 0. The largest absolute Gasteiger partial charge is 0.379 e. The maximum Gasteiger partial charge on any atom is 0.132 e. The fraction of sp³-hybridized carbons (Fsp3) is 0.350. The lowest BCUT2D eigenvalue weighted by Gasteiger charge is -2.25. The summed E-state index contributed by atoms with van der Waals surface area (Å²) in [7, 11) is 2.04. The predicted octanol–water partition coefficient (Wildman–Crippen LogP) is 3.07. The van der Waals surface area contributed by atoms with Crippen LogP contribution in [0.3, 0.4) is 0 Å². The van der Waals surface area contributed by atoms with Gasteiger partial charge >= 0.3 is 0 Å². The van der Waals surface area contributed by atoms with E-state index < -0.39 is 0 Å². The molecule has 6 nitrogen and oxygen atoms in total. The molecule has 0 unspecified atom stereocenters. The van der Waals surface area contributed by atoms with E-state index in [9.17, 15) is 0 Å². The Morgan fingerprint density at radius 2 is 1.96 bits per heavy atom. The highest BCUT2D eigenvalue weighted by atomic mass is 32.1. The van der Waals surface area contributed by atoms with Crippen LogP contribution in [0.1, 0.15) is 10.7 Å². The third-order valence-electron chi connectivity index (χ3n) is 4.57. The number of morpholine rings is 1. The van der Waals surface area contributed by atoms with Crippen LogP contribution < -0.4 is 4.90 Å². The molecule has 0 saturated carbocycles. The molecule has 7 heteroatoms. The molecule has 1 saturated heterocycles. The normalized spacial score (nSPS) is 15.0. The highest BCUT2D eigenvalue weighted by Crippen LogP contribution is 2.21. The van der Waals surface area contributed by atoms with E-state index in [2.05, 4.69) is 37.3 Å². The Bertz CT molecular complexity index is 864. The zero-order valence-electron chi connectivity index (χ0n) is 15.4. The monoisotopic (exact) mass is 381 g/mol. The van der Waals surface area contributed by atoms with Crippen LogP contribution in [-0.4, -0.2) is 53.2 Å². The van der Waals surface area contributed by atoms with Gasteiger partial charge < -0.3 is 9.64 Å². The summed E-state index contributed by atoms with van der Waals surface area (Å²) in [6.45, 7) is 5.24. The Morgan fingerprint density at radius 1 is 1.15 bits per heavy atom. The summed E-state index contributed by atoms with van der Waals surface area (Å²) < 4.78 is 5.41. The lowest BCUT2D eigenvalue weighted by Crippen LogP contribution is -2.35. The minimum absolute atomic E-state index is 0.727. The summed E-state index contributed by atoms with van der Waals surface area (Å²) in [4.78, 5) is 18.1. The molecular weight excluding hydrogens is 358 g/mol. The van der Waals surface area contributed by atoms with Gasteiger partial charge in [-0.2, -0.15) is 0 Å². The maximum absolute atomic E-state index is 5.41. The lowest BCUT2D eigenvalue weighted by molar-refractivity contribution is 0.0341. The fourth-order valence-electron chi connectivity index (χ4n) is 3.09. The summed E-state index contributed by atoms with van der Waals surface area (Å²) in [5.41, 5.74) is 3.10. The summed E-state index contributed by atoms with van der Waals surface area (Å²) in [6.07, 6.45) is 1.62. The predicted molar refractivity (Wildman–Crippen MR) is 108 cm³/mol. The van der Waals surface area contributed by atoms with Crippen LogP contribution in [0.2, 0.25) is 0 Å². The summed E-state index contributed by atoms with van der Waals surface area (Å²) in [6, 6.07) is 12.2. The minimum atomic E-state index is 0.727. The first kappa shape index (κ1) is 18.0. The molecule has 1 aliphatic rings. The third-order valence-corrected chi connectivity index (χ3v) is 5.46. The fourth-order valence-corrected chi connectivity index (χ4v) is 3.92. The smallest absolute Gasteiger partial charge is 0.132 e. The van der Waals surface area contributed by atoms with Gasteiger partial charge in [-0.3, -0.25) is 4.90 Å².